The van der Waals surface area contributed by atoms with Crippen molar-refractivity contribution < 1.29 is 24.2 Å². The van der Waals surface area contributed by atoms with Crippen LogP contribution in [0.4, 0.5) is 11.4 Å². The SMILES string of the molecule is COC(=O)[C@@H](NC(=O)c1cc([N+](=O)[O-])cc([N+](=O)[O-])c1)c1ccccc1. The fourth-order valence-corrected chi connectivity index (χ4v) is 2.19. The zero-order valence-electron chi connectivity index (χ0n) is 13.4. The highest BCUT2D eigenvalue weighted by molar-refractivity contribution is 5.98. The van der Waals surface area contributed by atoms with Gasteiger partial charge in [0.15, 0.2) is 6.04 Å². The lowest BCUT2D eigenvalue weighted by atomic mass is 10.1. The van der Waals surface area contributed by atoms with Gasteiger partial charge in [0.05, 0.1) is 28.6 Å². The Kier molecular flexibility index (Phi) is 5.58. The van der Waals surface area contributed by atoms with Gasteiger partial charge >= 0.3 is 5.97 Å². The largest absolute Gasteiger partial charge is 0.467 e. The van der Waals surface area contributed by atoms with Crippen molar-refractivity contribution in [3.8, 4) is 0 Å². The van der Waals surface area contributed by atoms with E-state index in [1.54, 1.807) is 30.3 Å². The van der Waals surface area contributed by atoms with E-state index in [1.807, 2.05) is 0 Å². The molecule has 0 radical (unpaired) electrons. The van der Waals surface area contributed by atoms with Gasteiger partial charge in [-0.3, -0.25) is 25.0 Å². The van der Waals surface area contributed by atoms with Crippen molar-refractivity contribution in [3.05, 3.63) is 79.9 Å². The molecule has 2 aromatic rings. The molecule has 10 heteroatoms. The first-order valence-electron chi connectivity index (χ1n) is 7.21. The quantitative estimate of drug-likeness (QED) is 0.473. The molecule has 0 bridgehead atoms. The first-order valence-corrected chi connectivity index (χ1v) is 7.21. The van der Waals surface area contributed by atoms with E-state index in [2.05, 4.69) is 10.1 Å². The number of methoxy groups -OCH3 is 1. The Morgan fingerprint density at radius 1 is 1.00 bits per heavy atom. The minimum Gasteiger partial charge on any atom is -0.467 e. The standard InChI is InChI=1S/C16H13N3O7/c1-26-16(21)14(10-5-3-2-4-6-10)17-15(20)11-7-12(18(22)23)9-13(8-11)19(24)25/h2-9,14H,1H3,(H,17,20)/t14-/m0/s1. The Balaban J connectivity index is 2.39. The van der Waals surface area contributed by atoms with Gasteiger partial charge in [-0.05, 0) is 5.56 Å². The van der Waals surface area contributed by atoms with E-state index in [0.717, 1.165) is 25.3 Å². The van der Waals surface area contributed by atoms with Crippen LogP contribution in [-0.4, -0.2) is 28.8 Å². The molecule has 2 rings (SSSR count). The second-order valence-electron chi connectivity index (χ2n) is 5.09. The summed E-state index contributed by atoms with van der Waals surface area (Å²) in [7, 11) is 1.14. The number of esters is 1. The maximum Gasteiger partial charge on any atom is 0.333 e. The van der Waals surface area contributed by atoms with Gasteiger partial charge in [0.2, 0.25) is 0 Å². The molecule has 0 fully saturated rings. The Labute approximate surface area is 146 Å². The molecular formula is C16H13N3O7. The van der Waals surface area contributed by atoms with Crippen LogP contribution in [0.1, 0.15) is 22.0 Å². The van der Waals surface area contributed by atoms with Crippen molar-refractivity contribution in [2.24, 2.45) is 0 Å². The summed E-state index contributed by atoms with van der Waals surface area (Å²) in [5.41, 5.74) is -1.12. The number of hydrogen-bond acceptors (Lipinski definition) is 7. The first-order chi connectivity index (χ1) is 12.3. The number of nitrogens with zero attached hydrogens (tertiary/aromatic N) is 2. The number of ether oxygens (including phenoxy) is 1. The highest BCUT2D eigenvalue weighted by Gasteiger charge is 2.26. The molecule has 0 aliphatic rings. The van der Waals surface area contributed by atoms with Crippen LogP contribution < -0.4 is 5.32 Å². The molecule has 0 spiro atoms. The van der Waals surface area contributed by atoms with Gasteiger partial charge < -0.3 is 10.1 Å². The van der Waals surface area contributed by atoms with Gasteiger partial charge in [-0.2, -0.15) is 0 Å². The normalized spacial score (nSPS) is 11.3. The molecule has 1 atom stereocenters. The summed E-state index contributed by atoms with van der Waals surface area (Å²) in [6.45, 7) is 0. The topological polar surface area (TPSA) is 142 Å². The maximum absolute atomic E-state index is 12.4. The Hall–Kier alpha value is -3.82. The smallest absolute Gasteiger partial charge is 0.333 e. The summed E-state index contributed by atoms with van der Waals surface area (Å²) < 4.78 is 4.66. The van der Waals surface area contributed by atoms with Crippen LogP contribution in [-0.2, 0) is 9.53 Å². The minimum atomic E-state index is -1.17. The molecule has 0 unspecified atom stereocenters. The van der Waals surface area contributed by atoms with Crippen LogP contribution in [0.25, 0.3) is 0 Å². The molecule has 1 amide bonds. The Morgan fingerprint density at radius 2 is 1.54 bits per heavy atom. The highest BCUT2D eigenvalue weighted by atomic mass is 16.6. The summed E-state index contributed by atoms with van der Waals surface area (Å²) in [4.78, 5) is 44.6. The van der Waals surface area contributed by atoms with E-state index in [4.69, 9.17) is 0 Å². The fraction of sp³-hybridized carbons (Fsp3) is 0.125. The number of amides is 1. The predicted molar refractivity (Wildman–Crippen MR) is 88.4 cm³/mol. The third-order valence-corrected chi connectivity index (χ3v) is 3.43. The average molecular weight is 359 g/mol. The van der Waals surface area contributed by atoms with E-state index < -0.39 is 39.1 Å². The second-order valence-corrected chi connectivity index (χ2v) is 5.09. The van der Waals surface area contributed by atoms with Gasteiger partial charge in [-0.15, -0.1) is 0 Å². The number of carbonyl (C=O) groups is 2. The maximum atomic E-state index is 12.4. The molecule has 0 aromatic heterocycles. The van der Waals surface area contributed by atoms with Gasteiger partial charge in [0.1, 0.15) is 0 Å². The summed E-state index contributed by atoms with van der Waals surface area (Å²) >= 11 is 0. The third kappa shape index (κ3) is 4.17. The Bertz CT molecular complexity index is 835. The van der Waals surface area contributed by atoms with Gasteiger partial charge in [-0.1, -0.05) is 30.3 Å². The number of nitrogens with one attached hydrogen (secondary N) is 1. The zero-order valence-corrected chi connectivity index (χ0v) is 13.4. The molecule has 0 saturated carbocycles. The van der Waals surface area contributed by atoms with Crippen molar-refractivity contribution >= 4 is 23.3 Å². The molecule has 0 heterocycles. The van der Waals surface area contributed by atoms with Crippen molar-refractivity contribution in [1.29, 1.82) is 0 Å². The zero-order chi connectivity index (χ0) is 19.3. The first kappa shape index (κ1) is 18.5. The van der Waals surface area contributed by atoms with Crippen LogP contribution in [0.15, 0.2) is 48.5 Å². The Morgan fingerprint density at radius 3 is 2.00 bits per heavy atom. The molecule has 2 aromatic carbocycles. The van der Waals surface area contributed by atoms with Crippen LogP contribution in [0, 0.1) is 20.2 Å². The molecule has 134 valence electrons. The molecule has 10 nitrogen and oxygen atoms in total. The van der Waals surface area contributed by atoms with Gasteiger partial charge in [0, 0.05) is 12.1 Å². The van der Waals surface area contributed by atoms with E-state index in [9.17, 15) is 29.8 Å². The number of nitro groups is 2. The summed E-state index contributed by atoms with van der Waals surface area (Å²) in [5.74, 6) is -1.65. The number of carbonyl (C=O) groups excluding carboxylic acids is 2. The molecule has 0 aliphatic carbocycles. The lowest BCUT2D eigenvalue weighted by molar-refractivity contribution is -0.394. The van der Waals surface area contributed by atoms with Gasteiger partial charge in [-0.25, -0.2) is 4.79 Å². The molecular weight excluding hydrogens is 346 g/mol. The van der Waals surface area contributed by atoms with Crippen molar-refractivity contribution in [3.63, 3.8) is 0 Å². The predicted octanol–water partition coefficient (Wildman–Crippen LogP) is 2.15. The van der Waals surface area contributed by atoms with Crippen molar-refractivity contribution in [2.75, 3.05) is 7.11 Å². The van der Waals surface area contributed by atoms with Crippen LogP contribution >= 0.6 is 0 Å². The number of hydrogen-bond donors (Lipinski definition) is 1. The summed E-state index contributed by atoms with van der Waals surface area (Å²) in [6.07, 6.45) is 0. The lowest BCUT2D eigenvalue weighted by Gasteiger charge is -2.16. The number of benzene rings is 2. The monoisotopic (exact) mass is 359 g/mol. The van der Waals surface area contributed by atoms with E-state index in [0.29, 0.717) is 5.56 Å². The molecule has 0 aliphatic heterocycles. The number of non-ortho nitro benzene ring substituents is 2. The number of nitro benzene ring substituents is 2. The molecule has 0 saturated heterocycles. The average Bonchev–Trinajstić information content (AvgIpc) is 2.65. The minimum absolute atomic E-state index is 0.323. The van der Waals surface area contributed by atoms with Crippen molar-refractivity contribution in [2.45, 2.75) is 6.04 Å². The summed E-state index contributed by atoms with van der Waals surface area (Å²) in [6, 6.07) is 9.52. The van der Waals surface area contributed by atoms with Crippen LogP contribution in [0.5, 0.6) is 0 Å². The van der Waals surface area contributed by atoms with Gasteiger partial charge in [0.25, 0.3) is 17.3 Å². The molecule has 1 N–H and O–H groups in total. The van der Waals surface area contributed by atoms with Crippen LogP contribution in [0.2, 0.25) is 0 Å². The second kappa shape index (κ2) is 7.83. The fourth-order valence-electron chi connectivity index (χ4n) is 2.19. The molecule has 26 heavy (non-hydrogen) atoms. The summed E-state index contributed by atoms with van der Waals surface area (Å²) in [5, 5.41) is 24.2. The van der Waals surface area contributed by atoms with E-state index >= 15 is 0 Å². The lowest BCUT2D eigenvalue weighted by Crippen LogP contribution is -2.34. The highest BCUT2D eigenvalue weighted by Crippen LogP contribution is 2.23. The van der Waals surface area contributed by atoms with Crippen molar-refractivity contribution in [1.82, 2.24) is 5.32 Å². The van der Waals surface area contributed by atoms with E-state index in [1.165, 1.54) is 0 Å². The number of rotatable bonds is 6. The van der Waals surface area contributed by atoms with E-state index in [-0.39, 0.29) is 5.56 Å². The van der Waals surface area contributed by atoms with Crippen LogP contribution in [0.3, 0.4) is 0 Å². The third-order valence-electron chi connectivity index (χ3n) is 3.43.